The maximum atomic E-state index is 12.3. The molecule has 0 fully saturated rings. The summed E-state index contributed by atoms with van der Waals surface area (Å²) in [6.45, 7) is 7.24. The van der Waals surface area contributed by atoms with Gasteiger partial charge in [-0.05, 0) is 19.8 Å². The lowest BCUT2D eigenvalue weighted by Gasteiger charge is -2.28. The van der Waals surface area contributed by atoms with Crippen molar-refractivity contribution >= 4 is 18.5 Å². The Labute approximate surface area is 125 Å². The maximum absolute atomic E-state index is 12.3. The molecule has 1 unspecified atom stereocenters. The Morgan fingerprint density at radius 1 is 1.00 bits per heavy atom. The molecule has 0 saturated heterocycles. The van der Waals surface area contributed by atoms with Crippen LogP contribution in [0.3, 0.4) is 0 Å². The third-order valence-corrected chi connectivity index (χ3v) is 4.09. The molecule has 0 radical (unpaired) electrons. The van der Waals surface area contributed by atoms with E-state index in [4.69, 9.17) is 0 Å². The molecular weight excluding hydrogens is 254 g/mol. The molecule has 0 spiro atoms. The van der Waals surface area contributed by atoms with Crippen molar-refractivity contribution in [3.63, 3.8) is 0 Å². The van der Waals surface area contributed by atoms with Crippen molar-refractivity contribution in [1.29, 1.82) is 0 Å². The van der Waals surface area contributed by atoms with E-state index in [1.165, 1.54) is 38.5 Å². The highest BCUT2D eigenvalue weighted by molar-refractivity contribution is 7.82. The van der Waals surface area contributed by atoms with Gasteiger partial charge in [0.15, 0.2) is 0 Å². The summed E-state index contributed by atoms with van der Waals surface area (Å²) in [6.07, 6.45) is 10.5. The van der Waals surface area contributed by atoms with Crippen molar-refractivity contribution in [3.8, 4) is 0 Å². The van der Waals surface area contributed by atoms with Crippen molar-refractivity contribution in [2.24, 2.45) is 0 Å². The highest BCUT2D eigenvalue weighted by Crippen LogP contribution is 2.24. The van der Waals surface area contributed by atoms with E-state index >= 15 is 0 Å². The lowest BCUT2D eigenvalue weighted by atomic mass is 10.00. The van der Waals surface area contributed by atoms with E-state index in [2.05, 4.69) is 26.5 Å². The van der Waals surface area contributed by atoms with Crippen LogP contribution in [0.2, 0.25) is 0 Å². The van der Waals surface area contributed by atoms with Gasteiger partial charge in [-0.25, -0.2) is 0 Å². The lowest BCUT2D eigenvalue weighted by Crippen LogP contribution is -2.42. The molecule has 0 bridgehead atoms. The molecule has 114 valence electrons. The molecule has 1 atom stereocenters. The van der Waals surface area contributed by atoms with Crippen LogP contribution in [0.1, 0.15) is 78.6 Å². The van der Waals surface area contributed by atoms with Gasteiger partial charge in [-0.1, -0.05) is 58.8 Å². The average Bonchev–Trinajstić information content (AvgIpc) is 2.38. The zero-order chi connectivity index (χ0) is 14.7. The minimum atomic E-state index is -0.493. The number of hydrogen-bond donors (Lipinski definition) is 1. The molecule has 0 aromatic rings. The van der Waals surface area contributed by atoms with E-state index in [9.17, 15) is 4.79 Å². The molecule has 0 aromatic heterocycles. The van der Waals surface area contributed by atoms with E-state index in [1.54, 1.807) is 0 Å². The third-order valence-electron chi connectivity index (χ3n) is 3.67. The zero-order valence-electron chi connectivity index (χ0n) is 13.4. The first-order chi connectivity index (χ1) is 8.95. The quantitative estimate of drug-likeness (QED) is 0.432. The maximum Gasteiger partial charge on any atom is 0.237 e. The van der Waals surface area contributed by atoms with Crippen LogP contribution in [-0.4, -0.2) is 29.1 Å². The fourth-order valence-electron chi connectivity index (χ4n) is 2.29. The van der Waals surface area contributed by atoms with E-state index < -0.39 is 4.75 Å². The topological polar surface area (TPSA) is 20.3 Å². The first kappa shape index (κ1) is 18.8. The molecular formula is C16H33NOS. The van der Waals surface area contributed by atoms with Gasteiger partial charge in [0.1, 0.15) is 0 Å². The SMILES string of the molecule is CCCCCCN(C)C(=O)C(C)(S)CCCCCC. The Kier molecular flexibility index (Phi) is 10.5. The van der Waals surface area contributed by atoms with Crippen LogP contribution in [-0.2, 0) is 4.79 Å². The van der Waals surface area contributed by atoms with Crippen LogP contribution in [0.15, 0.2) is 0 Å². The molecule has 0 aliphatic rings. The van der Waals surface area contributed by atoms with Crippen molar-refractivity contribution < 1.29 is 4.79 Å². The molecule has 3 heteroatoms. The zero-order valence-corrected chi connectivity index (χ0v) is 14.3. The molecule has 0 N–H and O–H groups in total. The minimum Gasteiger partial charge on any atom is -0.345 e. The Bertz CT molecular complexity index is 241. The van der Waals surface area contributed by atoms with Gasteiger partial charge in [0.05, 0.1) is 4.75 Å². The van der Waals surface area contributed by atoms with Crippen LogP contribution in [0, 0.1) is 0 Å². The monoisotopic (exact) mass is 287 g/mol. The van der Waals surface area contributed by atoms with Gasteiger partial charge in [0, 0.05) is 13.6 Å². The van der Waals surface area contributed by atoms with Gasteiger partial charge < -0.3 is 4.90 Å². The fraction of sp³-hybridized carbons (Fsp3) is 0.938. The van der Waals surface area contributed by atoms with Crippen LogP contribution in [0.5, 0.6) is 0 Å². The lowest BCUT2D eigenvalue weighted by molar-refractivity contribution is -0.132. The summed E-state index contributed by atoms with van der Waals surface area (Å²) in [5, 5.41) is 0. The van der Waals surface area contributed by atoms with E-state index in [0.717, 1.165) is 25.8 Å². The number of carbonyl (C=O) groups excluding carboxylic acids is 1. The average molecular weight is 288 g/mol. The van der Waals surface area contributed by atoms with E-state index in [1.807, 2.05) is 18.9 Å². The summed E-state index contributed by atoms with van der Waals surface area (Å²) < 4.78 is -0.493. The molecule has 0 saturated carbocycles. The van der Waals surface area contributed by atoms with Gasteiger partial charge in [-0.3, -0.25) is 4.79 Å². The summed E-state index contributed by atoms with van der Waals surface area (Å²) in [6, 6.07) is 0. The number of thiol groups is 1. The van der Waals surface area contributed by atoms with Crippen LogP contribution < -0.4 is 0 Å². The third kappa shape index (κ3) is 8.56. The van der Waals surface area contributed by atoms with Crippen molar-refractivity contribution in [1.82, 2.24) is 4.90 Å². The highest BCUT2D eigenvalue weighted by Gasteiger charge is 2.30. The van der Waals surface area contributed by atoms with Crippen molar-refractivity contribution in [2.75, 3.05) is 13.6 Å². The van der Waals surface area contributed by atoms with Crippen LogP contribution in [0.4, 0.5) is 0 Å². The van der Waals surface area contributed by atoms with Crippen LogP contribution in [0.25, 0.3) is 0 Å². The number of rotatable bonds is 11. The van der Waals surface area contributed by atoms with Gasteiger partial charge in [0.25, 0.3) is 0 Å². The smallest absolute Gasteiger partial charge is 0.237 e. The van der Waals surface area contributed by atoms with Gasteiger partial charge >= 0.3 is 0 Å². The number of hydrogen-bond acceptors (Lipinski definition) is 2. The van der Waals surface area contributed by atoms with Gasteiger partial charge in [-0.2, -0.15) is 12.6 Å². The summed E-state index contributed by atoms with van der Waals surface area (Å²) in [5.74, 6) is 0.184. The first-order valence-corrected chi connectivity index (χ1v) is 8.38. The Balaban J connectivity index is 3.98. The number of unbranched alkanes of at least 4 members (excludes halogenated alkanes) is 6. The van der Waals surface area contributed by atoms with E-state index in [-0.39, 0.29) is 5.91 Å². The molecule has 19 heavy (non-hydrogen) atoms. The van der Waals surface area contributed by atoms with Crippen molar-refractivity contribution in [3.05, 3.63) is 0 Å². The predicted molar refractivity (Wildman–Crippen MR) is 87.9 cm³/mol. The standard InChI is InChI=1S/C16H33NOS/c1-5-7-9-11-13-16(3,19)15(18)17(4)14-12-10-8-6-2/h19H,5-14H2,1-4H3. The molecule has 0 aliphatic heterocycles. The predicted octanol–water partition coefficient (Wildman–Crippen LogP) is 4.68. The number of nitrogens with zero attached hydrogens (tertiary/aromatic N) is 1. The van der Waals surface area contributed by atoms with Gasteiger partial charge in [-0.15, -0.1) is 0 Å². The second-order valence-electron chi connectivity index (χ2n) is 5.87. The normalized spacial score (nSPS) is 14.2. The molecule has 1 amide bonds. The Morgan fingerprint density at radius 3 is 2.05 bits per heavy atom. The Hall–Kier alpha value is -0.180. The molecule has 0 rings (SSSR count). The van der Waals surface area contributed by atoms with Crippen LogP contribution >= 0.6 is 12.6 Å². The number of carbonyl (C=O) groups is 1. The summed E-state index contributed by atoms with van der Waals surface area (Å²) in [5.41, 5.74) is 0. The largest absolute Gasteiger partial charge is 0.345 e. The first-order valence-electron chi connectivity index (χ1n) is 7.93. The second-order valence-corrected chi connectivity index (χ2v) is 6.86. The Morgan fingerprint density at radius 2 is 1.53 bits per heavy atom. The molecule has 0 heterocycles. The molecule has 2 nitrogen and oxygen atoms in total. The molecule has 0 aromatic carbocycles. The van der Waals surface area contributed by atoms with Crippen molar-refractivity contribution in [2.45, 2.75) is 83.3 Å². The van der Waals surface area contributed by atoms with Gasteiger partial charge in [0.2, 0.25) is 5.91 Å². The highest BCUT2D eigenvalue weighted by atomic mass is 32.1. The summed E-state index contributed by atoms with van der Waals surface area (Å²) >= 11 is 4.60. The minimum absolute atomic E-state index is 0.184. The van der Waals surface area contributed by atoms with E-state index in [0.29, 0.717) is 0 Å². The molecule has 0 aliphatic carbocycles. The second kappa shape index (κ2) is 10.6. The summed E-state index contributed by atoms with van der Waals surface area (Å²) in [4.78, 5) is 14.2. The number of amides is 1. The summed E-state index contributed by atoms with van der Waals surface area (Å²) in [7, 11) is 1.91. The fourth-order valence-corrected chi connectivity index (χ4v) is 2.62.